The molecule has 2 rings (SSSR count). The number of benzene rings is 1. The molecule has 0 amide bonds. The van der Waals surface area contributed by atoms with Crippen molar-refractivity contribution >= 4 is 22.6 Å². The summed E-state index contributed by atoms with van der Waals surface area (Å²) < 4.78 is 1.31. The topological polar surface area (TPSA) is 15.3 Å². The monoisotopic (exact) mass is 302 g/mol. The molecule has 1 saturated heterocycles. The lowest BCUT2D eigenvalue weighted by molar-refractivity contribution is 0.161. The minimum absolute atomic E-state index is 0.692. The number of rotatable bonds is 3. The fourth-order valence-corrected chi connectivity index (χ4v) is 2.34. The van der Waals surface area contributed by atoms with E-state index in [-0.39, 0.29) is 0 Å². The first-order chi connectivity index (χ1) is 6.74. The molecule has 1 heterocycles. The fourth-order valence-electron chi connectivity index (χ4n) is 1.74. The number of nitrogens with one attached hydrogen (secondary N) is 1. The van der Waals surface area contributed by atoms with E-state index in [9.17, 15) is 0 Å². The van der Waals surface area contributed by atoms with Gasteiger partial charge in [0.15, 0.2) is 0 Å². The Hall–Kier alpha value is -0.130. The zero-order valence-electron chi connectivity index (χ0n) is 8.33. The number of likely N-dealkylation sites (N-methyl/N-ethyl adjacent to an activating group) is 1. The highest BCUT2D eigenvalue weighted by Crippen LogP contribution is 2.09. The largest absolute Gasteiger partial charge is 0.307 e. The summed E-state index contributed by atoms with van der Waals surface area (Å²) in [6, 6.07) is 9.35. The fraction of sp³-hybridized carbons (Fsp3) is 0.455. The maximum Gasteiger partial charge on any atom is 0.0325 e. The van der Waals surface area contributed by atoms with Crippen molar-refractivity contribution in [1.82, 2.24) is 10.2 Å². The second-order valence-electron chi connectivity index (χ2n) is 3.93. The average molecular weight is 302 g/mol. The van der Waals surface area contributed by atoms with E-state index < -0.39 is 0 Å². The number of nitrogens with zero attached hydrogens (tertiary/aromatic N) is 1. The second kappa shape index (κ2) is 4.59. The lowest BCUT2D eigenvalue weighted by Crippen LogP contribution is -2.55. The van der Waals surface area contributed by atoms with Gasteiger partial charge in [0.2, 0.25) is 0 Å². The smallest absolute Gasteiger partial charge is 0.0325 e. The zero-order valence-corrected chi connectivity index (χ0v) is 10.5. The molecule has 1 aliphatic rings. The van der Waals surface area contributed by atoms with Crippen molar-refractivity contribution in [1.29, 1.82) is 0 Å². The number of hydrogen-bond donors (Lipinski definition) is 1. The predicted octanol–water partition coefficient (Wildman–Crippen LogP) is 1.69. The summed E-state index contributed by atoms with van der Waals surface area (Å²) in [5.74, 6) is 0. The maximum atomic E-state index is 3.55. The summed E-state index contributed by atoms with van der Waals surface area (Å²) in [6.07, 6.45) is 0. The molecule has 1 N–H and O–H groups in total. The molecular weight excluding hydrogens is 287 g/mol. The highest BCUT2D eigenvalue weighted by molar-refractivity contribution is 14.1. The molecule has 2 nitrogen and oxygen atoms in total. The van der Waals surface area contributed by atoms with Crippen LogP contribution in [0.15, 0.2) is 24.3 Å². The van der Waals surface area contributed by atoms with Gasteiger partial charge in [-0.05, 0) is 47.3 Å². The van der Waals surface area contributed by atoms with Gasteiger partial charge in [-0.3, -0.25) is 0 Å². The molecule has 1 aromatic carbocycles. The Morgan fingerprint density at radius 2 is 2.29 bits per heavy atom. The first-order valence-electron chi connectivity index (χ1n) is 4.90. The van der Waals surface area contributed by atoms with E-state index in [0.29, 0.717) is 6.04 Å². The lowest BCUT2D eigenvalue weighted by atomic mass is 10.1. The van der Waals surface area contributed by atoms with Crippen molar-refractivity contribution in [2.75, 3.05) is 20.1 Å². The van der Waals surface area contributed by atoms with Gasteiger partial charge < -0.3 is 10.2 Å². The van der Waals surface area contributed by atoms with E-state index in [0.717, 1.165) is 6.54 Å². The Balaban J connectivity index is 1.80. The molecule has 0 aromatic heterocycles. The molecule has 0 aliphatic carbocycles. The molecule has 0 bridgehead atoms. The van der Waals surface area contributed by atoms with E-state index in [1.165, 1.54) is 22.2 Å². The van der Waals surface area contributed by atoms with Gasteiger partial charge in [0.05, 0.1) is 0 Å². The molecule has 0 radical (unpaired) electrons. The molecule has 1 aliphatic heterocycles. The molecule has 76 valence electrons. The Kier molecular flexibility index (Phi) is 3.41. The summed E-state index contributed by atoms with van der Waals surface area (Å²) in [7, 11) is 2.16. The second-order valence-corrected chi connectivity index (χ2v) is 5.17. The minimum Gasteiger partial charge on any atom is -0.307 e. The summed E-state index contributed by atoms with van der Waals surface area (Å²) >= 11 is 2.35. The third kappa shape index (κ3) is 2.68. The van der Waals surface area contributed by atoms with Gasteiger partial charge in [0, 0.05) is 29.2 Å². The number of halogens is 1. The molecule has 1 fully saturated rings. The Morgan fingerprint density at radius 1 is 1.50 bits per heavy atom. The SMILES string of the molecule is CN1CC(NCc2cccc(I)c2)C1. The first-order valence-corrected chi connectivity index (χ1v) is 5.98. The van der Waals surface area contributed by atoms with Crippen LogP contribution in [0.1, 0.15) is 5.56 Å². The third-order valence-corrected chi connectivity index (χ3v) is 3.22. The minimum atomic E-state index is 0.692. The summed E-state index contributed by atoms with van der Waals surface area (Å²) in [5, 5.41) is 3.55. The molecule has 0 saturated carbocycles. The van der Waals surface area contributed by atoms with Crippen molar-refractivity contribution in [3.8, 4) is 0 Å². The van der Waals surface area contributed by atoms with Crippen LogP contribution in [0.25, 0.3) is 0 Å². The van der Waals surface area contributed by atoms with E-state index in [2.05, 4.69) is 64.1 Å². The molecule has 14 heavy (non-hydrogen) atoms. The van der Waals surface area contributed by atoms with Crippen LogP contribution >= 0.6 is 22.6 Å². The normalized spacial score (nSPS) is 18.1. The van der Waals surface area contributed by atoms with Crippen LogP contribution in [0.5, 0.6) is 0 Å². The van der Waals surface area contributed by atoms with Crippen molar-refractivity contribution in [3.05, 3.63) is 33.4 Å². The van der Waals surface area contributed by atoms with Gasteiger partial charge in [0.1, 0.15) is 0 Å². The Labute approximate surface area is 98.8 Å². The highest BCUT2D eigenvalue weighted by Gasteiger charge is 2.21. The van der Waals surface area contributed by atoms with Crippen LogP contribution in [0.2, 0.25) is 0 Å². The van der Waals surface area contributed by atoms with Gasteiger partial charge in [0.25, 0.3) is 0 Å². The Bertz CT molecular complexity index is 308. The quantitative estimate of drug-likeness (QED) is 0.855. The summed E-state index contributed by atoms with van der Waals surface area (Å²) in [4.78, 5) is 2.33. The van der Waals surface area contributed by atoms with Crippen LogP contribution in [0, 0.1) is 3.57 Å². The van der Waals surface area contributed by atoms with Gasteiger partial charge in [-0.2, -0.15) is 0 Å². The standard InChI is InChI=1S/C11H15IN2/c1-14-7-11(8-14)13-6-9-3-2-4-10(12)5-9/h2-5,11,13H,6-8H2,1H3. The van der Waals surface area contributed by atoms with Crippen LogP contribution in [0.3, 0.4) is 0 Å². The van der Waals surface area contributed by atoms with Crippen molar-refractivity contribution in [2.45, 2.75) is 12.6 Å². The van der Waals surface area contributed by atoms with Crippen molar-refractivity contribution in [3.63, 3.8) is 0 Å². The number of hydrogen-bond acceptors (Lipinski definition) is 2. The molecule has 0 spiro atoms. The predicted molar refractivity (Wildman–Crippen MR) is 67.3 cm³/mol. The molecule has 3 heteroatoms. The number of likely N-dealkylation sites (tertiary alicyclic amines) is 1. The van der Waals surface area contributed by atoms with Crippen LogP contribution in [0.4, 0.5) is 0 Å². The van der Waals surface area contributed by atoms with E-state index in [1.807, 2.05) is 0 Å². The van der Waals surface area contributed by atoms with Crippen LogP contribution < -0.4 is 5.32 Å². The lowest BCUT2D eigenvalue weighted by Gasteiger charge is -2.36. The van der Waals surface area contributed by atoms with E-state index in [4.69, 9.17) is 0 Å². The zero-order chi connectivity index (χ0) is 9.97. The van der Waals surface area contributed by atoms with Gasteiger partial charge in [-0.25, -0.2) is 0 Å². The average Bonchev–Trinajstić information content (AvgIpc) is 2.11. The van der Waals surface area contributed by atoms with Crippen molar-refractivity contribution in [2.24, 2.45) is 0 Å². The van der Waals surface area contributed by atoms with Crippen LogP contribution in [-0.2, 0) is 6.54 Å². The van der Waals surface area contributed by atoms with Crippen molar-refractivity contribution < 1.29 is 0 Å². The highest BCUT2D eigenvalue weighted by atomic mass is 127. The summed E-state index contributed by atoms with van der Waals surface area (Å²) in [6.45, 7) is 3.36. The molecule has 1 aromatic rings. The third-order valence-electron chi connectivity index (χ3n) is 2.55. The Morgan fingerprint density at radius 3 is 2.93 bits per heavy atom. The van der Waals surface area contributed by atoms with Gasteiger partial charge in [-0.15, -0.1) is 0 Å². The summed E-state index contributed by atoms with van der Waals surface area (Å²) in [5.41, 5.74) is 1.38. The van der Waals surface area contributed by atoms with Gasteiger partial charge >= 0.3 is 0 Å². The first kappa shape index (κ1) is 10.4. The van der Waals surface area contributed by atoms with E-state index in [1.54, 1.807) is 0 Å². The van der Waals surface area contributed by atoms with Crippen LogP contribution in [-0.4, -0.2) is 31.1 Å². The van der Waals surface area contributed by atoms with E-state index >= 15 is 0 Å². The molecule has 0 atom stereocenters. The molecule has 0 unspecified atom stereocenters. The van der Waals surface area contributed by atoms with Gasteiger partial charge in [-0.1, -0.05) is 12.1 Å². The maximum absolute atomic E-state index is 3.55. The molecular formula is C11H15IN2.